The molecule has 1 nitrogen and oxygen atoms in total. The van der Waals surface area contributed by atoms with Crippen LogP contribution in [0.1, 0.15) is 31.7 Å². The highest BCUT2D eigenvalue weighted by atomic mass is 79.9. The quantitative estimate of drug-likeness (QED) is 0.876. The first-order chi connectivity index (χ1) is 6.69. The van der Waals surface area contributed by atoms with Gasteiger partial charge < -0.3 is 5.73 Å². The average molecular weight is 256 g/mol. The summed E-state index contributed by atoms with van der Waals surface area (Å²) in [4.78, 5) is 0. The standard InChI is InChI=1S/C12H18BrN/c1-3-9(2)12(8-14)10-5-4-6-11(13)7-10/h4-7,9,12H,3,8,14H2,1-2H3. The molecule has 2 N–H and O–H groups in total. The molecule has 2 unspecified atom stereocenters. The third kappa shape index (κ3) is 2.82. The second-order valence-electron chi connectivity index (χ2n) is 3.78. The van der Waals surface area contributed by atoms with E-state index < -0.39 is 0 Å². The fraction of sp³-hybridized carbons (Fsp3) is 0.500. The lowest BCUT2D eigenvalue weighted by Gasteiger charge is -2.21. The molecule has 0 aliphatic heterocycles. The Morgan fingerprint density at radius 3 is 2.64 bits per heavy atom. The Morgan fingerprint density at radius 1 is 1.43 bits per heavy atom. The Hall–Kier alpha value is -0.340. The van der Waals surface area contributed by atoms with Gasteiger partial charge in [-0.3, -0.25) is 0 Å². The highest BCUT2D eigenvalue weighted by Gasteiger charge is 2.16. The number of benzene rings is 1. The van der Waals surface area contributed by atoms with Crippen LogP contribution < -0.4 is 5.73 Å². The maximum Gasteiger partial charge on any atom is 0.0178 e. The molecule has 0 saturated carbocycles. The maximum atomic E-state index is 5.82. The van der Waals surface area contributed by atoms with Crippen LogP contribution in [0.5, 0.6) is 0 Å². The van der Waals surface area contributed by atoms with E-state index >= 15 is 0 Å². The molecule has 0 heterocycles. The van der Waals surface area contributed by atoms with E-state index in [4.69, 9.17) is 5.73 Å². The molecule has 0 fully saturated rings. The molecule has 0 saturated heterocycles. The van der Waals surface area contributed by atoms with Crippen molar-refractivity contribution in [1.29, 1.82) is 0 Å². The van der Waals surface area contributed by atoms with Crippen molar-refractivity contribution in [2.45, 2.75) is 26.2 Å². The van der Waals surface area contributed by atoms with Gasteiger partial charge in [0.25, 0.3) is 0 Å². The van der Waals surface area contributed by atoms with Crippen molar-refractivity contribution in [3.8, 4) is 0 Å². The summed E-state index contributed by atoms with van der Waals surface area (Å²) in [6.45, 7) is 5.20. The van der Waals surface area contributed by atoms with Crippen molar-refractivity contribution >= 4 is 15.9 Å². The summed E-state index contributed by atoms with van der Waals surface area (Å²) in [5.74, 6) is 1.13. The lowest BCUT2D eigenvalue weighted by Crippen LogP contribution is -2.19. The van der Waals surface area contributed by atoms with Gasteiger partial charge in [-0.1, -0.05) is 48.3 Å². The van der Waals surface area contributed by atoms with Crippen LogP contribution in [0.4, 0.5) is 0 Å². The van der Waals surface area contributed by atoms with Gasteiger partial charge in [0, 0.05) is 4.47 Å². The van der Waals surface area contributed by atoms with Crippen molar-refractivity contribution in [3.63, 3.8) is 0 Å². The topological polar surface area (TPSA) is 26.0 Å². The Balaban J connectivity index is 2.89. The molecule has 0 amide bonds. The van der Waals surface area contributed by atoms with Gasteiger partial charge in [-0.2, -0.15) is 0 Å². The van der Waals surface area contributed by atoms with Crippen molar-refractivity contribution < 1.29 is 0 Å². The number of rotatable bonds is 4. The molecule has 0 aromatic heterocycles. The molecule has 14 heavy (non-hydrogen) atoms. The Labute approximate surface area is 94.8 Å². The molecule has 0 aliphatic rings. The Morgan fingerprint density at radius 2 is 2.14 bits per heavy atom. The van der Waals surface area contributed by atoms with E-state index in [1.165, 1.54) is 12.0 Å². The highest BCUT2D eigenvalue weighted by Crippen LogP contribution is 2.27. The predicted molar refractivity (Wildman–Crippen MR) is 65.4 cm³/mol. The first-order valence-electron chi connectivity index (χ1n) is 5.14. The second-order valence-corrected chi connectivity index (χ2v) is 4.70. The SMILES string of the molecule is CCC(C)C(CN)c1cccc(Br)c1. The van der Waals surface area contributed by atoms with E-state index in [1.54, 1.807) is 0 Å². The van der Waals surface area contributed by atoms with Crippen LogP contribution in [0.3, 0.4) is 0 Å². The summed E-state index contributed by atoms with van der Waals surface area (Å²) in [6.07, 6.45) is 1.17. The smallest absolute Gasteiger partial charge is 0.0178 e. The highest BCUT2D eigenvalue weighted by molar-refractivity contribution is 9.10. The van der Waals surface area contributed by atoms with E-state index in [1.807, 2.05) is 6.07 Å². The summed E-state index contributed by atoms with van der Waals surface area (Å²) in [6, 6.07) is 8.45. The first-order valence-corrected chi connectivity index (χ1v) is 5.93. The third-order valence-electron chi connectivity index (χ3n) is 2.86. The van der Waals surface area contributed by atoms with Crippen LogP contribution >= 0.6 is 15.9 Å². The summed E-state index contributed by atoms with van der Waals surface area (Å²) in [7, 11) is 0. The molecule has 0 spiro atoms. The monoisotopic (exact) mass is 255 g/mol. The zero-order valence-electron chi connectivity index (χ0n) is 8.83. The largest absolute Gasteiger partial charge is 0.330 e. The fourth-order valence-corrected chi connectivity index (χ4v) is 2.14. The van der Waals surface area contributed by atoms with Crippen LogP contribution in [0, 0.1) is 5.92 Å². The van der Waals surface area contributed by atoms with E-state index in [-0.39, 0.29) is 0 Å². The van der Waals surface area contributed by atoms with Crippen molar-refractivity contribution in [2.24, 2.45) is 11.7 Å². The van der Waals surface area contributed by atoms with E-state index in [9.17, 15) is 0 Å². The summed E-state index contributed by atoms with van der Waals surface area (Å²) >= 11 is 3.49. The molecule has 78 valence electrons. The Kier molecular flexibility index (Phi) is 4.63. The number of nitrogens with two attached hydrogens (primary N) is 1. The molecule has 1 rings (SSSR count). The van der Waals surface area contributed by atoms with Gasteiger partial charge in [-0.15, -0.1) is 0 Å². The zero-order valence-corrected chi connectivity index (χ0v) is 10.4. The molecule has 2 atom stereocenters. The molecular weight excluding hydrogens is 238 g/mol. The van der Waals surface area contributed by atoms with E-state index in [0.29, 0.717) is 11.8 Å². The van der Waals surface area contributed by atoms with Crippen molar-refractivity contribution in [2.75, 3.05) is 6.54 Å². The van der Waals surface area contributed by atoms with Gasteiger partial charge in [0.15, 0.2) is 0 Å². The lowest BCUT2D eigenvalue weighted by atomic mass is 9.86. The summed E-state index contributed by atoms with van der Waals surface area (Å²) < 4.78 is 1.14. The third-order valence-corrected chi connectivity index (χ3v) is 3.35. The maximum absolute atomic E-state index is 5.82. The van der Waals surface area contributed by atoms with Gasteiger partial charge in [-0.05, 0) is 36.1 Å². The van der Waals surface area contributed by atoms with Gasteiger partial charge in [0.05, 0.1) is 0 Å². The van der Waals surface area contributed by atoms with E-state index in [2.05, 4.69) is 48.0 Å². The molecular formula is C12H18BrN. The minimum atomic E-state index is 0.484. The molecule has 0 aliphatic carbocycles. The summed E-state index contributed by atoms with van der Waals surface area (Å²) in [5.41, 5.74) is 7.16. The van der Waals surface area contributed by atoms with Crippen LogP contribution in [0.2, 0.25) is 0 Å². The lowest BCUT2D eigenvalue weighted by molar-refractivity contribution is 0.452. The van der Waals surface area contributed by atoms with Crippen LogP contribution in [-0.2, 0) is 0 Å². The van der Waals surface area contributed by atoms with Crippen molar-refractivity contribution in [3.05, 3.63) is 34.3 Å². The van der Waals surface area contributed by atoms with E-state index in [0.717, 1.165) is 11.0 Å². The second kappa shape index (κ2) is 5.52. The van der Waals surface area contributed by atoms with Crippen LogP contribution in [0.15, 0.2) is 28.7 Å². The first kappa shape index (κ1) is 11.7. The Bertz CT molecular complexity index is 285. The van der Waals surface area contributed by atoms with Gasteiger partial charge >= 0.3 is 0 Å². The molecule has 2 heteroatoms. The molecule has 0 bridgehead atoms. The van der Waals surface area contributed by atoms with Crippen molar-refractivity contribution in [1.82, 2.24) is 0 Å². The number of hydrogen-bond donors (Lipinski definition) is 1. The normalized spacial score (nSPS) is 15.1. The zero-order chi connectivity index (χ0) is 10.6. The van der Waals surface area contributed by atoms with Gasteiger partial charge in [0.1, 0.15) is 0 Å². The number of hydrogen-bond acceptors (Lipinski definition) is 1. The minimum Gasteiger partial charge on any atom is -0.330 e. The average Bonchev–Trinajstić information content (AvgIpc) is 2.19. The fourth-order valence-electron chi connectivity index (χ4n) is 1.72. The molecule has 1 aromatic carbocycles. The molecule has 1 aromatic rings. The van der Waals surface area contributed by atoms with Crippen LogP contribution in [0.25, 0.3) is 0 Å². The van der Waals surface area contributed by atoms with Gasteiger partial charge in [-0.25, -0.2) is 0 Å². The predicted octanol–water partition coefficient (Wildman–Crippen LogP) is 3.54. The minimum absolute atomic E-state index is 0.484. The summed E-state index contributed by atoms with van der Waals surface area (Å²) in [5, 5.41) is 0. The molecule has 0 radical (unpaired) electrons. The van der Waals surface area contributed by atoms with Gasteiger partial charge in [0.2, 0.25) is 0 Å². The van der Waals surface area contributed by atoms with Crippen LogP contribution in [-0.4, -0.2) is 6.54 Å². The number of halogens is 1.